The first-order chi connectivity index (χ1) is 11.7. The molecule has 0 aliphatic carbocycles. The zero-order valence-electron chi connectivity index (χ0n) is 14.4. The zero-order valence-corrected chi connectivity index (χ0v) is 14.4. The first kappa shape index (κ1) is 16.9. The predicted octanol–water partition coefficient (Wildman–Crippen LogP) is 4.80. The Kier molecular flexibility index (Phi) is 5.17. The van der Waals surface area contributed by atoms with Crippen molar-refractivity contribution in [2.45, 2.75) is 43.9 Å². The SMILES string of the molecule is C=CCC1(O)CC(c2ccccc2)NC(c2ccccc2)C1CC. The Morgan fingerprint density at radius 2 is 1.67 bits per heavy atom. The molecule has 2 aromatic carbocycles. The van der Waals surface area contributed by atoms with Crippen LogP contribution < -0.4 is 5.32 Å². The first-order valence-corrected chi connectivity index (χ1v) is 8.87. The quantitative estimate of drug-likeness (QED) is 0.776. The Morgan fingerprint density at radius 3 is 2.21 bits per heavy atom. The highest BCUT2D eigenvalue weighted by atomic mass is 16.3. The Hall–Kier alpha value is -1.90. The molecular weight excluding hydrogens is 294 g/mol. The standard InChI is InChI=1S/C22H27NO/c1-3-15-22(24)16-20(17-11-7-5-8-12-17)23-21(19(22)4-2)18-13-9-6-10-14-18/h3,5-14,19-21,23-24H,1,4,15-16H2,2H3. The molecule has 0 bridgehead atoms. The highest BCUT2D eigenvalue weighted by Gasteiger charge is 2.46. The van der Waals surface area contributed by atoms with Crippen LogP contribution in [0.15, 0.2) is 73.3 Å². The molecule has 0 spiro atoms. The van der Waals surface area contributed by atoms with Gasteiger partial charge in [-0.1, -0.05) is 73.7 Å². The van der Waals surface area contributed by atoms with Crippen molar-refractivity contribution >= 4 is 0 Å². The Balaban J connectivity index is 2.00. The van der Waals surface area contributed by atoms with Crippen LogP contribution in [0.3, 0.4) is 0 Å². The summed E-state index contributed by atoms with van der Waals surface area (Å²) in [6.07, 6.45) is 4.13. The van der Waals surface area contributed by atoms with Gasteiger partial charge in [0.25, 0.3) is 0 Å². The lowest BCUT2D eigenvalue weighted by Crippen LogP contribution is -2.52. The molecule has 1 heterocycles. The van der Waals surface area contributed by atoms with Crippen LogP contribution in [0, 0.1) is 5.92 Å². The third kappa shape index (κ3) is 3.31. The molecule has 2 nitrogen and oxygen atoms in total. The summed E-state index contributed by atoms with van der Waals surface area (Å²) in [7, 11) is 0. The number of hydrogen-bond donors (Lipinski definition) is 2. The summed E-state index contributed by atoms with van der Waals surface area (Å²) in [4.78, 5) is 0. The normalized spacial score (nSPS) is 30.0. The van der Waals surface area contributed by atoms with Gasteiger partial charge in [-0.25, -0.2) is 0 Å². The molecule has 126 valence electrons. The van der Waals surface area contributed by atoms with Crippen LogP contribution in [-0.4, -0.2) is 10.7 Å². The third-order valence-electron chi connectivity index (χ3n) is 5.33. The van der Waals surface area contributed by atoms with Crippen LogP contribution in [0.5, 0.6) is 0 Å². The molecule has 1 aliphatic rings. The molecule has 1 fully saturated rings. The van der Waals surface area contributed by atoms with Crippen molar-refractivity contribution in [1.29, 1.82) is 0 Å². The number of hydrogen-bond acceptors (Lipinski definition) is 2. The fourth-order valence-electron chi connectivity index (χ4n) is 4.20. The van der Waals surface area contributed by atoms with E-state index in [1.807, 2.05) is 18.2 Å². The smallest absolute Gasteiger partial charge is 0.0746 e. The minimum Gasteiger partial charge on any atom is -0.389 e. The van der Waals surface area contributed by atoms with Crippen LogP contribution in [0.25, 0.3) is 0 Å². The maximum absolute atomic E-state index is 11.5. The Morgan fingerprint density at radius 1 is 1.08 bits per heavy atom. The molecule has 2 aromatic rings. The fraction of sp³-hybridized carbons (Fsp3) is 0.364. The molecule has 4 atom stereocenters. The lowest BCUT2D eigenvalue weighted by Gasteiger charge is -2.48. The molecular formula is C22H27NO. The number of benzene rings is 2. The third-order valence-corrected chi connectivity index (χ3v) is 5.33. The molecule has 24 heavy (non-hydrogen) atoms. The first-order valence-electron chi connectivity index (χ1n) is 8.87. The minimum absolute atomic E-state index is 0.139. The summed E-state index contributed by atoms with van der Waals surface area (Å²) in [5.41, 5.74) is 1.74. The zero-order chi connectivity index (χ0) is 17.0. The maximum atomic E-state index is 11.5. The molecule has 0 amide bonds. The average molecular weight is 321 g/mol. The van der Waals surface area contributed by atoms with Gasteiger partial charge in [-0.15, -0.1) is 6.58 Å². The van der Waals surface area contributed by atoms with Crippen LogP contribution in [0.4, 0.5) is 0 Å². The van der Waals surface area contributed by atoms with Gasteiger partial charge in [-0.05, 0) is 30.4 Å². The van der Waals surface area contributed by atoms with Gasteiger partial charge in [0.1, 0.15) is 0 Å². The summed E-state index contributed by atoms with van der Waals surface area (Å²) in [5.74, 6) is 0.165. The Labute approximate surface area is 145 Å². The van der Waals surface area contributed by atoms with E-state index in [2.05, 4.69) is 67.4 Å². The summed E-state index contributed by atoms with van der Waals surface area (Å²) >= 11 is 0. The molecule has 2 heteroatoms. The molecule has 0 radical (unpaired) electrons. The van der Waals surface area contributed by atoms with Crippen molar-refractivity contribution in [1.82, 2.24) is 5.32 Å². The largest absolute Gasteiger partial charge is 0.389 e. The van der Waals surface area contributed by atoms with Gasteiger partial charge in [0, 0.05) is 18.0 Å². The summed E-state index contributed by atoms with van der Waals surface area (Å²) in [6.45, 7) is 6.05. The van der Waals surface area contributed by atoms with E-state index < -0.39 is 5.60 Å². The predicted molar refractivity (Wildman–Crippen MR) is 99.7 cm³/mol. The number of rotatable bonds is 5. The van der Waals surface area contributed by atoms with Crippen molar-refractivity contribution in [3.8, 4) is 0 Å². The van der Waals surface area contributed by atoms with E-state index in [4.69, 9.17) is 0 Å². The molecule has 4 unspecified atom stereocenters. The average Bonchev–Trinajstić information content (AvgIpc) is 2.62. The molecule has 1 aliphatic heterocycles. The van der Waals surface area contributed by atoms with Gasteiger partial charge in [-0.2, -0.15) is 0 Å². The van der Waals surface area contributed by atoms with Crippen LogP contribution >= 0.6 is 0 Å². The number of nitrogens with one attached hydrogen (secondary N) is 1. The van der Waals surface area contributed by atoms with E-state index in [1.54, 1.807) is 0 Å². The lowest BCUT2D eigenvalue weighted by molar-refractivity contribution is -0.0741. The van der Waals surface area contributed by atoms with E-state index in [-0.39, 0.29) is 18.0 Å². The fourth-order valence-corrected chi connectivity index (χ4v) is 4.20. The van der Waals surface area contributed by atoms with Crippen LogP contribution in [0.1, 0.15) is 49.4 Å². The molecule has 0 saturated carbocycles. The highest BCUT2D eigenvalue weighted by Crippen LogP contribution is 2.46. The topological polar surface area (TPSA) is 32.3 Å². The number of piperidine rings is 1. The second kappa shape index (κ2) is 7.33. The van der Waals surface area contributed by atoms with Crippen LogP contribution in [0.2, 0.25) is 0 Å². The molecule has 1 saturated heterocycles. The van der Waals surface area contributed by atoms with Crippen molar-refractivity contribution < 1.29 is 5.11 Å². The van der Waals surface area contributed by atoms with Gasteiger partial charge in [0.2, 0.25) is 0 Å². The van der Waals surface area contributed by atoms with E-state index >= 15 is 0 Å². The molecule has 2 N–H and O–H groups in total. The number of aliphatic hydroxyl groups is 1. The van der Waals surface area contributed by atoms with Crippen molar-refractivity contribution in [2.24, 2.45) is 5.92 Å². The van der Waals surface area contributed by atoms with Gasteiger partial charge in [0.05, 0.1) is 5.60 Å². The van der Waals surface area contributed by atoms with Crippen molar-refractivity contribution in [3.63, 3.8) is 0 Å². The Bertz CT molecular complexity index is 654. The lowest BCUT2D eigenvalue weighted by atomic mass is 9.68. The second-order valence-corrected chi connectivity index (χ2v) is 6.83. The van der Waals surface area contributed by atoms with E-state index in [0.717, 1.165) is 6.42 Å². The maximum Gasteiger partial charge on any atom is 0.0746 e. The monoisotopic (exact) mass is 321 g/mol. The van der Waals surface area contributed by atoms with Crippen molar-refractivity contribution in [3.05, 3.63) is 84.4 Å². The van der Waals surface area contributed by atoms with E-state index in [9.17, 15) is 5.11 Å². The highest BCUT2D eigenvalue weighted by molar-refractivity contribution is 5.27. The summed E-state index contributed by atoms with van der Waals surface area (Å²) < 4.78 is 0. The summed E-state index contributed by atoms with van der Waals surface area (Å²) in [6, 6.07) is 21.2. The van der Waals surface area contributed by atoms with E-state index in [1.165, 1.54) is 11.1 Å². The molecule has 3 rings (SSSR count). The van der Waals surface area contributed by atoms with Gasteiger partial charge < -0.3 is 10.4 Å². The van der Waals surface area contributed by atoms with Gasteiger partial charge in [0.15, 0.2) is 0 Å². The second-order valence-electron chi connectivity index (χ2n) is 6.83. The summed E-state index contributed by atoms with van der Waals surface area (Å²) in [5, 5.41) is 15.3. The van der Waals surface area contributed by atoms with Gasteiger partial charge >= 0.3 is 0 Å². The molecule has 0 aromatic heterocycles. The van der Waals surface area contributed by atoms with Crippen molar-refractivity contribution in [2.75, 3.05) is 0 Å². The van der Waals surface area contributed by atoms with E-state index in [0.29, 0.717) is 12.8 Å². The van der Waals surface area contributed by atoms with Crippen LogP contribution in [-0.2, 0) is 0 Å². The minimum atomic E-state index is -0.733. The van der Waals surface area contributed by atoms with Gasteiger partial charge in [-0.3, -0.25) is 0 Å².